The average molecular weight is 416 g/mol. The molecule has 4 rings (SSSR count). The average Bonchev–Trinajstić information content (AvgIpc) is 3.09. The lowest BCUT2D eigenvalue weighted by Crippen LogP contribution is -2.09. The van der Waals surface area contributed by atoms with Crippen LogP contribution in [0.1, 0.15) is 31.8 Å². The molecular formula is C25H20O6. The molecule has 0 saturated carbocycles. The first-order valence-corrected chi connectivity index (χ1v) is 9.57. The SMILES string of the molecule is COc1cc(OC)cc(C(=O)Oc2ccc3c(c2)O/C(=C\c2ccc(C)cc2)C3=O)c1. The minimum absolute atomic E-state index is 0.217. The zero-order valence-electron chi connectivity index (χ0n) is 17.3. The summed E-state index contributed by atoms with van der Waals surface area (Å²) in [6.45, 7) is 1.99. The monoisotopic (exact) mass is 416 g/mol. The van der Waals surface area contributed by atoms with E-state index in [0.29, 0.717) is 22.8 Å². The number of carbonyl (C=O) groups is 2. The van der Waals surface area contributed by atoms with Gasteiger partial charge in [-0.15, -0.1) is 0 Å². The summed E-state index contributed by atoms with van der Waals surface area (Å²) in [5, 5.41) is 0. The van der Waals surface area contributed by atoms with Gasteiger partial charge >= 0.3 is 5.97 Å². The highest BCUT2D eigenvalue weighted by Gasteiger charge is 2.28. The third-order valence-electron chi connectivity index (χ3n) is 4.81. The van der Waals surface area contributed by atoms with Crippen LogP contribution < -0.4 is 18.9 Å². The van der Waals surface area contributed by atoms with Crippen LogP contribution in [0.3, 0.4) is 0 Å². The Morgan fingerprint density at radius 3 is 2.19 bits per heavy atom. The lowest BCUT2D eigenvalue weighted by atomic mass is 10.1. The largest absolute Gasteiger partial charge is 0.497 e. The number of benzene rings is 3. The van der Waals surface area contributed by atoms with Crippen LogP contribution in [0, 0.1) is 6.92 Å². The van der Waals surface area contributed by atoms with E-state index in [1.807, 2.05) is 31.2 Å². The summed E-state index contributed by atoms with van der Waals surface area (Å²) in [6, 6.07) is 17.2. The molecule has 1 heterocycles. The molecule has 0 amide bonds. The highest BCUT2D eigenvalue weighted by atomic mass is 16.5. The Morgan fingerprint density at radius 1 is 0.871 bits per heavy atom. The first kappa shape index (κ1) is 20.2. The van der Waals surface area contributed by atoms with Crippen LogP contribution in [0.5, 0.6) is 23.0 Å². The van der Waals surface area contributed by atoms with Crippen LogP contribution in [0.25, 0.3) is 6.08 Å². The molecule has 0 aromatic heterocycles. The Hall–Kier alpha value is -4.06. The number of ketones is 1. The molecule has 0 bridgehead atoms. The van der Waals surface area contributed by atoms with Crippen molar-refractivity contribution >= 4 is 17.8 Å². The van der Waals surface area contributed by atoms with Gasteiger partial charge in [0.05, 0.1) is 25.3 Å². The predicted molar refractivity (Wildman–Crippen MR) is 115 cm³/mol. The topological polar surface area (TPSA) is 71.1 Å². The smallest absolute Gasteiger partial charge is 0.343 e. The molecule has 3 aromatic carbocycles. The fourth-order valence-corrected chi connectivity index (χ4v) is 3.14. The number of methoxy groups -OCH3 is 2. The van der Waals surface area contributed by atoms with Gasteiger partial charge in [-0.05, 0) is 42.8 Å². The van der Waals surface area contributed by atoms with Crippen molar-refractivity contribution in [3.05, 3.63) is 88.7 Å². The maximum Gasteiger partial charge on any atom is 0.343 e. The zero-order chi connectivity index (χ0) is 22.0. The van der Waals surface area contributed by atoms with Crippen LogP contribution in [0.4, 0.5) is 0 Å². The van der Waals surface area contributed by atoms with Gasteiger partial charge in [-0.25, -0.2) is 4.79 Å². The summed E-state index contributed by atoms with van der Waals surface area (Å²) in [5.74, 6) is 0.967. The molecule has 0 atom stereocenters. The van der Waals surface area contributed by atoms with Gasteiger partial charge in [0.2, 0.25) is 5.78 Å². The third kappa shape index (κ3) is 4.28. The van der Waals surface area contributed by atoms with E-state index in [1.54, 1.807) is 36.4 Å². The lowest BCUT2D eigenvalue weighted by molar-refractivity contribution is 0.0733. The number of ether oxygens (including phenoxy) is 4. The van der Waals surface area contributed by atoms with Crippen molar-refractivity contribution in [2.75, 3.05) is 14.2 Å². The molecule has 0 unspecified atom stereocenters. The normalized spacial score (nSPS) is 13.5. The van der Waals surface area contributed by atoms with Crippen molar-refractivity contribution in [1.82, 2.24) is 0 Å². The quantitative estimate of drug-likeness (QED) is 0.336. The molecule has 0 fully saturated rings. The number of hydrogen-bond acceptors (Lipinski definition) is 6. The van der Waals surface area contributed by atoms with E-state index in [1.165, 1.54) is 20.3 Å². The van der Waals surface area contributed by atoms with Gasteiger partial charge in [-0.1, -0.05) is 29.8 Å². The molecule has 6 heteroatoms. The summed E-state index contributed by atoms with van der Waals surface area (Å²) < 4.78 is 21.6. The molecule has 0 N–H and O–H groups in total. The van der Waals surface area contributed by atoms with E-state index in [0.717, 1.165) is 11.1 Å². The third-order valence-corrected chi connectivity index (χ3v) is 4.81. The number of esters is 1. The van der Waals surface area contributed by atoms with Crippen molar-refractivity contribution in [2.24, 2.45) is 0 Å². The number of fused-ring (bicyclic) bond motifs is 1. The van der Waals surface area contributed by atoms with Crippen molar-refractivity contribution < 1.29 is 28.5 Å². The first-order valence-electron chi connectivity index (χ1n) is 9.57. The van der Waals surface area contributed by atoms with Crippen molar-refractivity contribution in [1.29, 1.82) is 0 Å². The fourth-order valence-electron chi connectivity index (χ4n) is 3.14. The second-order valence-corrected chi connectivity index (χ2v) is 7.00. The van der Waals surface area contributed by atoms with Gasteiger partial charge in [0.15, 0.2) is 5.76 Å². The van der Waals surface area contributed by atoms with Crippen molar-refractivity contribution in [3.63, 3.8) is 0 Å². The van der Waals surface area contributed by atoms with Gasteiger partial charge in [0.1, 0.15) is 23.0 Å². The molecule has 0 saturated heterocycles. The van der Waals surface area contributed by atoms with Gasteiger partial charge in [0, 0.05) is 12.1 Å². The summed E-state index contributed by atoms with van der Waals surface area (Å²) in [4.78, 5) is 25.2. The molecule has 31 heavy (non-hydrogen) atoms. The number of aryl methyl sites for hydroxylation is 1. The number of carbonyl (C=O) groups excluding carboxylic acids is 2. The molecule has 6 nitrogen and oxygen atoms in total. The van der Waals surface area contributed by atoms with E-state index in [9.17, 15) is 9.59 Å². The highest BCUT2D eigenvalue weighted by Crippen LogP contribution is 2.35. The van der Waals surface area contributed by atoms with Crippen molar-refractivity contribution in [3.8, 4) is 23.0 Å². The molecule has 156 valence electrons. The van der Waals surface area contributed by atoms with Crippen LogP contribution in [0.15, 0.2) is 66.4 Å². The molecule has 3 aromatic rings. The van der Waals surface area contributed by atoms with Crippen LogP contribution in [-0.4, -0.2) is 26.0 Å². The van der Waals surface area contributed by atoms with E-state index < -0.39 is 5.97 Å². The predicted octanol–water partition coefficient (Wildman–Crippen LogP) is 4.85. The Bertz CT molecular complexity index is 1170. The Balaban J connectivity index is 1.55. The lowest BCUT2D eigenvalue weighted by Gasteiger charge is -2.09. The molecule has 1 aliphatic heterocycles. The zero-order valence-corrected chi connectivity index (χ0v) is 17.3. The number of Topliss-reactive ketones (excluding diaryl/α,β-unsaturated/α-hetero) is 1. The van der Waals surface area contributed by atoms with Gasteiger partial charge < -0.3 is 18.9 Å². The summed E-state index contributed by atoms with van der Waals surface area (Å²) in [6.07, 6.45) is 1.69. The van der Waals surface area contributed by atoms with Crippen LogP contribution in [-0.2, 0) is 0 Å². The van der Waals surface area contributed by atoms with E-state index >= 15 is 0 Å². The maximum absolute atomic E-state index is 12.6. The molecule has 0 spiro atoms. The maximum atomic E-state index is 12.6. The second kappa shape index (κ2) is 8.36. The Labute approximate surface area is 179 Å². The van der Waals surface area contributed by atoms with Crippen LogP contribution >= 0.6 is 0 Å². The first-order chi connectivity index (χ1) is 15.0. The number of allylic oxidation sites excluding steroid dienone is 1. The minimum Gasteiger partial charge on any atom is -0.497 e. The van der Waals surface area contributed by atoms with Crippen molar-refractivity contribution in [2.45, 2.75) is 6.92 Å². The van der Waals surface area contributed by atoms with Gasteiger partial charge in [0.25, 0.3) is 0 Å². The molecule has 1 aliphatic rings. The van der Waals surface area contributed by atoms with E-state index in [4.69, 9.17) is 18.9 Å². The number of hydrogen-bond donors (Lipinski definition) is 0. The summed E-state index contributed by atoms with van der Waals surface area (Å²) >= 11 is 0. The molecule has 0 aliphatic carbocycles. The molecule has 0 radical (unpaired) electrons. The van der Waals surface area contributed by atoms with Gasteiger partial charge in [-0.2, -0.15) is 0 Å². The summed E-state index contributed by atoms with van der Waals surface area (Å²) in [5.41, 5.74) is 2.68. The van der Waals surface area contributed by atoms with Crippen LogP contribution in [0.2, 0.25) is 0 Å². The highest BCUT2D eigenvalue weighted by molar-refractivity contribution is 6.14. The van der Waals surface area contributed by atoms with E-state index in [2.05, 4.69) is 0 Å². The second-order valence-electron chi connectivity index (χ2n) is 7.00. The summed E-state index contributed by atoms with van der Waals surface area (Å²) in [7, 11) is 3.00. The minimum atomic E-state index is -0.586. The Kier molecular flexibility index (Phi) is 5.45. The van der Waals surface area contributed by atoms with E-state index in [-0.39, 0.29) is 22.9 Å². The molecular weight excluding hydrogens is 396 g/mol. The number of rotatable bonds is 5. The fraction of sp³-hybridized carbons (Fsp3) is 0.120. The van der Waals surface area contributed by atoms with Gasteiger partial charge in [-0.3, -0.25) is 4.79 Å². The standard InChI is InChI=1S/C25H20O6/c1-15-4-6-16(7-5-15)10-23-24(26)21-9-8-18(14-22(21)31-23)30-25(27)17-11-19(28-2)13-20(12-17)29-3/h4-14H,1-3H3/b23-10-. The Morgan fingerprint density at radius 2 is 1.55 bits per heavy atom.